The molecule has 0 aliphatic carbocycles. The molecule has 0 saturated carbocycles. The zero-order chi connectivity index (χ0) is 13.5. The molecule has 2 unspecified atom stereocenters. The molecule has 0 fully saturated rings. The first-order valence-electron chi connectivity index (χ1n) is 5.35. The average Bonchev–Trinajstić information content (AvgIpc) is 2.31. The maximum Gasteiger partial charge on any atom is 0.259 e. The summed E-state index contributed by atoms with van der Waals surface area (Å²) in [6.45, 7) is 0. The molecular weight excluding hydrogens is 344 g/mol. The summed E-state index contributed by atoms with van der Waals surface area (Å²) in [5.74, 6) is 0.0354. The van der Waals surface area contributed by atoms with Crippen LogP contribution in [0.4, 0.5) is 0 Å². The highest BCUT2D eigenvalue weighted by molar-refractivity contribution is 9.10. The van der Waals surface area contributed by atoms with Gasteiger partial charge in [-0.05, 0) is 30.5 Å². The zero-order valence-corrected chi connectivity index (χ0v) is 12.7. The Morgan fingerprint density at radius 1 is 1.33 bits per heavy atom. The number of hydrogen-bond acceptors (Lipinski definition) is 4. The fourth-order valence-corrected chi connectivity index (χ4v) is 2.38. The molecule has 0 radical (unpaired) electrons. The molecule has 0 aliphatic rings. The highest BCUT2D eigenvalue weighted by atomic mass is 79.9. The number of hydrogen-bond donors (Lipinski definition) is 2. The van der Waals surface area contributed by atoms with E-state index in [1.54, 1.807) is 0 Å². The van der Waals surface area contributed by atoms with Gasteiger partial charge in [-0.15, -0.1) is 11.6 Å². The highest BCUT2D eigenvalue weighted by Gasteiger charge is 2.22. The third-order valence-electron chi connectivity index (χ3n) is 2.49. The number of aliphatic hydroxyl groups is 1. The summed E-state index contributed by atoms with van der Waals surface area (Å²) in [6, 6.07) is 7.28. The van der Waals surface area contributed by atoms with Gasteiger partial charge in [-0.25, -0.2) is 12.6 Å². The van der Waals surface area contributed by atoms with Gasteiger partial charge in [0.2, 0.25) is 0 Å². The standard InChI is InChI=1S/C11H14BrClO4S/c12-9-5-3-8(4-6-9)10(2-1-7-13)11(14)17-18(15)16/h3-6,10-11,14,18H,1-2,7H2. The normalized spacial score (nSPS) is 14.7. The predicted octanol–water partition coefficient (Wildman–Crippen LogP) is 2.41. The molecule has 1 aromatic rings. The summed E-state index contributed by atoms with van der Waals surface area (Å²) in [5.41, 5.74) is 0.813. The Hall–Kier alpha value is -0.140. The second-order valence-corrected chi connectivity index (χ2v) is 5.66. The first-order valence-corrected chi connectivity index (χ1v) is 7.77. The minimum atomic E-state index is -3.08. The SMILES string of the molecule is O=[SH](=O)OC(O)C(CCCCl)c1ccc(Br)cc1. The van der Waals surface area contributed by atoms with Crippen molar-refractivity contribution in [2.45, 2.75) is 25.0 Å². The van der Waals surface area contributed by atoms with Gasteiger partial charge in [0.05, 0.1) is 0 Å². The first-order chi connectivity index (χ1) is 8.54. The maximum absolute atomic E-state index is 10.5. The van der Waals surface area contributed by atoms with Gasteiger partial charge < -0.3 is 5.11 Å². The smallest absolute Gasteiger partial charge is 0.259 e. The van der Waals surface area contributed by atoms with Crippen LogP contribution in [0.1, 0.15) is 24.3 Å². The van der Waals surface area contributed by atoms with Crippen LogP contribution < -0.4 is 0 Å². The zero-order valence-electron chi connectivity index (χ0n) is 9.46. The van der Waals surface area contributed by atoms with Gasteiger partial charge in [0.1, 0.15) is 0 Å². The Morgan fingerprint density at radius 3 is 2.44 bits per heavy atom. The number of benzene rings is 1. The highest BCUT2D eigenvalue weighted by Crippen LogP contribution is 2.27. The van der Waals surface area contributed by atoms with E-state index in [9.17, 15) is 13.5 Å². The van der Waals surface area contributed by atoms with Crippen LogP contribution in [-0.4, -0.2) is 25.7 Å². The number of thiol groups is 1. The lowest BCUT2D eigenvalue weighted by atomic mass is 9.94. The van der Waals surface area contributed by atoms with Crippen molar-refractivity contribution < 1.29 is 17.7 Å². The van der Waals surface area contributed by atoms with E-state index in [4.69, 9.17) is 11.6 Å². The molecule has 1 aromatic carbocycles. The third-order valence-corrected chi connectivity index (χ3v) is 3.67. The van der Waals surface area contributed by atoms with Crippen molar-refractivity contribution in [3.05, 3.63) is 34.3 Å². The average molecular weight is 358 g/mol. The molecule has 2 atom stereocenters. The molecule has 0 amide bonds. The molecule has 0 heterocycles. The van der Waals surface area contributed by atoms with Gasteiger partial charge in [0.25, 0.3) is 11.0 Å². The van der Waals surface area contributed by atoms with E-state index in [1.165, 1.54) is 0 Å². The van der Waals surface area contributed by atoms with E-state index in [0.717, 1.165) is 10.0 Å². The van der Waals surface area contributed by atoms with Crippen LogP contribution in [0.2, 0.25) is 0 Å². The molecule has 1 N–H and O–H groups in total. The molecule has 1 rings (SSSR count). The van der Waals surface area contributed by atoms with Crippen LogP contribution in [0.3, 0.4) is 0 Å². The van der Waals surface area contributed by atoms with Gasteiger partial charge in [0, 0.05) is 16.3 Å². The van der Waals surface area contributed by atoms with Gasteiger partial charge in [0.15, 0.2) is 6.29 Å². The second-order valence-electron chi connectivity index (χ2n) is 3.71. The Morgan fingerprint density at radius 2 is 1.94 bits per heavy atom. The number of rotatable bonds is 7. The number of aliphatic hydroxyl groups excluding tert-OH is 1. The van der Waals surface area contributed by atoms with Crippen molar-refractivity contribution in [3.8, 4) is 0 Å². The second kappa shape index (κ2) is 8.12. The van der Waals surface area contributed by atoms with Crippen LogP contribution in [0.25, 0.3) is 0 Å². The number of alkyl halides is 1. The van der Waals surface area contributed by atoms with E-state index in [1.807, 2.05) is 24.3 Å². The summed E-state index contributed by atoms with van der Waals surface area (Å²) in [6.07, 6.45) is -0.163. The molecule has 0 aromatic heterocycles. The Kier molecular flexibility index (Phi) is 7.18. The van der Waals surface area contributed by atoms with Gasteiger partial charge in [-0.1, -0.05) is 28.1 Å². The van der Waals surface area contributed by atoms with Crippen LogP contribution >= 0.6 is 27.5 Å². The van der Waals surface area contributed by atoms with Crippen LogP contribution in [-0.2, 0) is 15.2 Å². The van der Waals surface area contributed by atoms with Crippen molar-refractivity contribution >= 4 is 38.5 Å². The quantitative estimate of drug-likeness (QED) is 0.447. The molecule has 0 bridgehead atoms. The van der Waals surface area contributed by atoms with Gasteiger partial charge >= 0.3 is 0 Å². The van der Waals surface area contributed by atoms with Crippen molar-refractivity contribution in [1.82, 2.24) is 0 Å². The summed E-state index contributed by atoms with van der Waals surface area (Å²) in [5, 5.41) is 9.77. The van der Waals surface area contributed by atoms with Crippen LogP contribution in [0.5, 0.6) is 0 Å². The molecule has 0 aliphatic heterocycles. The summed E-state index contributed by atoms with van der Waals surface area (Å²) >= 11 is 8.93. The Bertz CT molecular complexity index is 427. The first kappa shape index (κ1) is 15.9. The largest absolute Gasteiger partial charge is 0.366 e. The fourth-order valence-electron chi connectivity index (χ4n) is 1.64. The topological polar surface area (TPSA) is 63.6 Å². The monoisotopic (exact) mass is 356 g/mol. The minimum Gasteiger partial charge on any atom is -0.366 e. The Balaban J connectivity index is 2.85. The van der Waals surface area contributed by atoms with Crippen molar-refractivity contribution in [3.63, 3.8) is 0 Å². The van der Waals surface area contributed by atoms with E-state index >= 15 is 0 Å². The summed E-state index contributed by atoms with van der Waals surface area (Å²) in [4.78, 5) is 0. The predicted molar refractivity (Wildman–Crippen MR) is 74.2 cm³/mol. The van der Waals surface area contributed by atoms with Gasteiger partial charge in [-0.2, -0.15) is 0 Å². The Labute approximate surface area is 121 Å². The van der Waals surface area contributed by atoms with E-state index < -0.39 is 23.2 Å². The van der Waals surface area contributed by atoms with E-state index in [2.05, 4.69) is 20.1 Å². The van der Waals surface area contributed by atoms with E-state index in [0.29, 0.717) is 18.7 Å². The lowest BCUT2D eigenvalue weighted by Gasteiger charge is -2.21. The van der Waals surface area contributed by atoms with Gasteiger partial charge in [-0.3, -0.25) is 0 Å². The minimum absolute atomic E-state index is 0.412. The summed E-state index contributed by atoms with van der Waals surface area (Å²) in [7, 11) is -3.08. The lowest BCUT2D eigenvalue weighted by Crippen LogP contribution is -2.21. The van der Waals surface area contributed by atoms with Crippen molar-refractivity contribution in [2.24, 2.45) is 0 Å². The molecule has 102 valence electrons. The molecule has 0 saturated heterocycles. The maximum atomic E-state index is 10.5. The molecular formula is C11H14BrClO4S. The van der Waals surface area contributed by atoms with Crippen molar-refractivity contribution in [2.75, 3.05) is 5.88 Å². The number of halogens is 2. The summed E-state index contributed by atoms with van der Waals surface area (Å²) < 4.78 is 26.3. The van der Waals surface area contributed by atoms with E-state index in [-0.39, 0.29) is 0 Å². The molecule has 18 heavy (non-hydrogen) atoms. The molecule has 4 nitrogen and oxygen atoms in total. The van der Waals surface area contributed by atoms with Crippen molar-refractivity contribution in [1.29, 1.82) is 0 Å². The fraction of sp³-hybridized carbons (Fsp3) is 0.455. The van der Waals surface area contributed by atoms with Crippen LogP contribution in [0.15, 0.2) is 28.7 Å². The molecule has 7 heteroatoms. The third kappa shape index (κ3) is 5.24. The lowest BCUT2D eigenvalue weighted by molar-refractivity contribution is -0.0320. The van der Waals surface area contributed by atoms with Crippen LogP contribution in [0, 0.1) is 0 Å². The molecule has 0 spiro atoms.